The van der Waals surface area contributed by atoms with Gasteiger partial charge in [0.15, 0.2) is 0 Å². The lowest BCUT2D eigenvalue weighted by molar-refractivity contribution is -0.0781. The highest BCUT2D eigenvalue weighted by Gasteiger charge is 2.22. The van der Waals surface area contributed by atoms with Gasteiger partial charge in [0.25, 0.3) is 0 Å². The summed E-state index contributed by atoms with van der Waals surface area (Å²) in [6, 6.07) is 0. The van der Waals surface area contributed by atoms with Crippen LogP contribution in [-0.2, 0) is 4.74 Å². The van der Waals surface area contributed by atoms with Gasteiger partial charge in [-0.25, -0.2) is 0 Å². The van der Waals surface area contributed by atoms with Gasteiger partial charge in [-0.3, -0.25) is 0 Å². The first kappa shape index (κ1) is 11.0. The van der Waals surface area contributed by atoms with Gasteiger partial charge in [-0.05, 0) is 32.6 Å². The number of aliphatic hydroxyl groups excluding tert-OH is 1. The maximum Gasteiger partial charge on any atom is 0.0806 e. The first-order valence-electron chi connectivity index (χ1n) is 5.43. The van der Waals surface area contributed by atoms with Crippen molar-refractivity contribution in [2.75, 3.05) is 0 Å². The van der Waals surface area contributed by atoms with Crippen molar-refractivity contribution >= 4 is 0 Å². The third-order valence-electron chi connectivity index (χ3n) is 2.97. The predicted molar refractivity (Wildman–Crippen MR) is 53.6 cm³/mol. The summed E-state index contributed by atoms with van der Waals surface area (Å²) in [4.78, 5) is 0. The van der Waals surface area contributed by atoms with Gasteiger partial charge in [0.2, 0.25) is 0 Å². The summed E-state index contributed by atoms with van der Waals surface area (Å²) in [6.45, 7) is 6.02. The number of hydrogen-bond donors (Lipinski definition) is 1. The Labute approximate surface area is 81.3 Å². The Morgan fingerprint density at radius 2 is 2.00 bits per heavy atom. The molecule has 13 heavy (non-hydrogen) atoms. The first-order valence-corrected chi connectivity index (χ1v) is 5.43. The van der Waals surface area contributed by atoms with Crippen LogP contribution in [0.5, 0.6) is 0 Å². The summed E-state index contributed by atoms with van der Waals surface area (Å²) in [6.07, 6.45) is 4.96. The number of rotatable bonds is 3. The van der Waals surface area contributed by atoms with Gasteiger partial charge in [0.1, 0.15) is 0 Å². The highest BCUT2D eigenvalue weighted by Crippen LogP contribution is 2.26. The average Bonchev–Trinajstić information content (AvgIpc) is 2.04. The molecule has 0 spiro atoms. The SMILES string of the molecule is CC1CCCC(OC(C)[C@@H](C)O)C1. The van der Waals surface area contributed by atoms with Gasteiger partial charge < -0.3 is 9.84 Å². The molecule has 0 aliphatic heterocycles. The van der Waals surface area contributed by atoms with Crippen LogP contribution in [-0.4, -0.2) is 23.4 Å². The van der Waals surface area contributed by atoms with Crippen LogP contribution in [0.1, 0.15) is 46.5 Å². The molecule has 78 valence electrons. The van der Waals surface area contributed by atoms with Gasteiger partial charge in [-0.15, -0.1) is 0 Å². The monoisotopic (exact) mass is 186 g/mol. The van der Waals surface area contributed by atoms with Crippen molar-refractivity contribution in [3.05, 3.63) is 0 Å². The van der Waals surface area contributed by atoms with Crippen molar-refractivity contribution in [2.45, 2.75) is 64.8 Å². The molecule has 0 saturated heterocycles. The van der Waals surface area contributed by atoms with Crippen molar-refractivity contribution < 1.29 is 9.84 Å². The summed E-state index contributed by atoms with van der Waals surface area (Å²) < 4.78 is 5.77. The van der Waals surface area contributed by atoms with Crippen LogP contribution >= 0.6 is 0 Å². The smallest absolute Gasteiger partial charge is 0.0806 e. The Kier molecular flexibility index (Phi) is 4.20. The predicted octanol–water partition coefficient (Wildman–Crippen LogP) is 2.35. The lowest BCUT2D eigenvalue weighted by Gasteiger charge is -2.30. The van der Waals surface area contributed by atoms with E-state index >= 15 is 0 Å². The largest absolute Gasteiger partial charge is 0.391 e. The molecule has 4 atom stereocenters. The second-order valence-electron chi connectivity index (χ2n) is 4.48. The van der Waals surface area contributed by atoms with E-state index in [4.69, 9.17) is 4.74 Å². The third-order valence-corrected chi connectivity index (χ3v) is 2.97. The zero-order valence-electron chi connectivity index (χ0n) is 8.99. The molecule has 2 heteroatoms. The molecule has 1 rings (SSSR count). The van der Waals surface area contributed by atoms with E-state index < -0.39 is 0 Å². The van der Waals surface area contributed by atoms with Gasteiger partial charge in [-0.1, -0.05) is 19.8 Å². The minimum atomic E-state index is -0.350. The van der Waals surface area contributed by atoms with Crippen LogP contribution in [0.3, 0.4) is 0 Å². The summed E-state index contributed by atoms with van der Waals surface area (Å²) in [5.74, 6) is 0.792. The molecule has 0 amide bonds. The molecule has 1 aliphatic carbocycles. The molecule has 0 aromatic carbocycles. The van der Waals surface area contributed by atoms with Crippen LogP contribution in [0.2, 0.25) is 0 Å². The Morgan fingerprint density at radius 1 is 1.31 bits per heavy atom. The molecule has 0 heterocycles. The van der Waals surface area contributed by atoms with E-state index in [-0.39, 0.29) is 12.2 Å². The van der Waals surface area contributed by atoms with Crippen LogP contribution < -0.4 is 0 Å². The normalized spacial score (nSPS) is 34.2. The van der Waals surface area contributed by atoms with Crippen molar-refractivity contribution in [3.63, 3.8) is 0 Å². The summed E-state index contributed by atoms with van der Waals surface area (Å²) >= 11 is 0. The van der Waals surface area contributed by atoms with E-state index in [0.29, 0.717) is 6.10 Å². The maximum atomic E-state index is 9.29. The van der Waals surface area contributed by atoms with Gasteiger partial charge in [0.05, 0.1) is 18.3 Å². The van der Waals surface area contributed by atoms with Crippen molar-refractivity contribution in [2.24, 2.45) is 5.92 Å². The van der Waals surface area contributed by atoms with E-state index in [1.165, 1.54) is 19.3 Å². The lowest BCUT2D eigenvalue weighted by atomic mass is 9.88. The third kappa shape index (κ3) is 3.65. The number of hydrogen-bond acceptors (Lipinski definition) is 2. The Morgan fingerprint density at radius 3 is 2.54 bits per heavy atom. The average molecular weight is 186 g/mol. The summed E-state index contributed by atoms with van der Waals surface area (Å²) in [5.41, 5.74) is 0. The zero-order chi connectivity index (χ0) is 9.84. The molecular formula is C11H22O2. The van der Waals surface area contributed by atoms with E-state index in [1.807, 2.05) is 6.92 Å². The fraction of sp³-hybridized carbons (Fsp3) is 1.00. The standard InChI is InChI=1S/C11H22O2/c1-8-5-4-6-11(7-8)13-10(3)9(2)12/h8-12H,4-7H2,1-3H3/t8?,9-,10?,11?/m1/s1. The van der Waals surface area contributed by atoms with Gasteiger partial charge >= 0.3 is 0 Å². The Balaban J connectivity index is 2.27. The Hall–Kier alpha value is -0.0800. The molecule has 1 N–H and O–H groups in total. The van der Waals surface area contributed by atoms with Gasteiger partial charge in [0, 0.05) is 0 Å². The molecule has 0 radical (unpaired) electrons. The molecule has 0 aromatic heterocycles. The number of ether oxygens (including phenoxy) is 1. The summed E-state index contributed by atoms with van der Waals surface area (Å²) in [5, 5.41) is 9.29. The number of aliphatic hydroxyl groups is 1. The highest BCUT2D eigenvalue weighted by atomic mass is 16.5. The first-order chi connectivity index (χ1) is 6.09. The van der Waals surface area contributed by atoms with Gasteiger partial charge in [-0.2, -0.15) is 0 Å². The molecule has 2 nitrogen and oxygen atoms in total. The Bertz CT molecular complexity index is 145. The molecule has 0 aromatic rings. The zero-order valence-corrected chi connectivity index (χ0v) is 8.99. The van der Waals surface area contributed by atoms with Crippen LogP contribution in [0.25, 0.3) is 0 Å². The molecule has 3 unspecified atom stereocenters. The minimum Gasteiger partial charge on any atom is -0.391 e. The van der Waals surface area contributed by atoms with E-state index in [0.717, 1.165) is 12.3 Å². The van der Waals surface area contributed by atoms with Crippen LogP contribution in [0.15, 0.2) is 0 Å². The lowest BCUT2D eigenvalue weighted by Crippen LogP contribution is -2.31. The van der Waals surface area contributed by atoms with E-state index in [9.17, 15) is 5.11 Å². The van der Waals surface area contributed by atoms with Crippen molar-refractivity contribution in [3.8, 4) is 0 Å². The van der Waals surface area contributed by atoms with E-state index in [2.05, 4.69) is 6.92 Å². The fourth-order valence-electron chi connectivity index (χ4n) is 1.92. The second-order valence-corrected chi connectivity index (χ2v) is 4.48. The van der Waals surface area contributed by atoms with E-state index in [1.54, 1.807) is 6.92 Å². The second kappa shape index (κ2) is 4.97. The van der Waals surface area contributed by atoms with Crippen molar-refractivity contribution in [1.29, 1.82) is 0 Å². The van der Waals surface area contributed by atoms with Crippen LogP contribution in [0.4, 0.5) is 0 Å². The fourth-order valence-corrected chi connectivity index (χ4v) is 1.92. The quantitative estimate of drug-likeness (QED) is 0.733. The minimum absolute atomic E-state index is 0.0182. The molecule has 0 bridgehead atoms. The molecule has 1 aliphatic rings. The molecule has 1 saturated carbocycles. The van der Waals surface area contributed by atoms with Crippen LogP contribution in [0, 0.1) is 5.92 Å². The summed E-state index contributed by atoms with van der Waals surface area (Å²) in [7, 11) is 0. The highest BCUT2D eigenvalue weighted by molar-refractivity contribution is 4.72. The maximum absolute atomic E-state index is 9.29. The van der Waals surface area contributed by atoms with Crippen molar-refractivity contribution in [1.82, 2.24) is 0 Å². The molecular weight excluding hydrogens is 164 g/mol. The topological polar surface area (TPSA) is 29.5 Å². The molecule has 1 fully saturated rings.